The van der Waals surface area contributed by atoms with Gasteiger partial charge in [0.25, 0.3) is 0 Å². The third-order valence-corrected chi connectivity index (χ3v) is 8.85. The van der Waals surface area contributed by atoms with Crippen molar-refractivity contribution in [2.45, 2.75) is 33.6 Å². The number of hydrogen-bond donors (Lipinski definition) is 0. The molecule has 0 N–H and O–H groups in total. The second-order valence-corrected chi connectivity index (χ2v) is 10.3. The van der Waals surface area contributed by atoms with Crippen LogP contribution in [-0.2, 0) is 20.8 Å². The van der Waals surface area contributed by atoms with Crippen molar-refractivity contribution in [2.24, 2.45) is 22.7 Å². The highest BCUT2D eigenvalue weighted by Crippen LogP contribution is 2.74. The van der Waals surface area contributed by atoms with Crippen LogP contribution in [0.15, 0.2) is 84.9 Å². The molecular weight excluding hydrogens is 446 g/mol. The second kappa shape index (κ2) is 7.86. The van der Waals surface area contributed by atoms with Crippen LogP contribution < -0.4 is 4.90 Å². The predicted octanol–water partition coefficient (Wildman–Crippen LogP) is 5.96. The molecule has 2 fully saturated rings. The monoisotopic (exact) mass is 475 g/mol. The van der Waals surface area contributed by atoms with Crippen LogP contribution in [0.2, 0.25) is 0 Å². The van der Waals surface area contributed by atoms with Crippen LogP contribution in [-0.4, -0.2) is 17.6 Å². The summed E-state index contributed by atoms with van der Waals surface area (Å²) in [5.41, 5.74) is 3.16. The van der Waals surface area contributed by atoms with E-state index in [9.17, 15) is 14.4 Å². The Morgan fingerprint density at radius 3 is 1.81 bits per heavy atom. The van der Waals surface area contributed by atoms with Gasteiger partial charge in [0.05, 0.1) is 28.4 Å². The van der Waals surface area contributed by atoms with E-state index in [4.69, 9.17) is 0 Å². The highest BCUT2D eigenvalue weighted by molar-refractivity contribution is 6.34. The third kappa shape index (κ3) is 2.57. The average Bonchev–Trinajstić information content (AvgIpc) is 3.39. The van der Waals surface area contributed by atoms with Crippen molar-refractivity contribution in [3.8, 4) is 0 Å². The number of fused-ring (bicyclic) bond motifs is 5. The molecule has 3 aromatic rings. The maximum absolute atomic E-state index is 14.5. The van der Waals surface area contributed by atoms with E-state index < -0.39 is 22.7 Å². The molecule has 0 aromatic heterocycles. The summed E-state index contributed by atoms with van der Waals surface area (Å²) in [6.07, 6.45) is 1.17. The molecule has 2 bridgehead atoms. The van der Waals surface area contributed by atoms with E-state index in [1.807, 2.05) is 106 Å². The van der Waals surface area contributed by atoms with E-state index in [1.54, 1.807) is 0 Å². The van der Waals surface area contributed by atoms with Crippen molar-refractivity contribution in [3.63, 3.8) is 0 Å². The van der Waals surface area contributed by atoms with Gasteiger partial charge in [-0.05, 0) is 53.7 Å². The Hall–Kier alpha value is -3.79. The number of nitrogens with zero attached hydrogens (tertiary/aromatic N) is 1. The van der Waals surface area contributed by atoms with Gasteiger partial charge in [0.15, 0.2) is 5.78 Å². The summed E-state index contributed by atoms with van der Waals surface area (Å²) in [4.78, 5) is 44.4. The summed E-state index contributed by atoms with van der Waals surface area (Å²) in [7, 11) is 0. The van der Waals surface area contributed by atoms with Gasteiger partial charge in [-0.1, -0.05) is 92.7 Å². The van der Waals surface area contributed by atoms with E-state index in [0.29, 0.717) is 18.5 Å². The Kier molecular flexibility index (Phi) is 4.95. The summed E-state index contributed by atoms with van der Waals surface area (Å²) < 4.78 is 0. The van der Waals surface area contributed by atoms with Crippen molar-refractivity contribution in [3.05, 3.63) is 102 Å². The van der Waals surface area contributed by atoms with Crippen molar-refractivity contribution >= 4 is 34.4 Å². The highest BCUT2D eigenvalue weighted by Gasteiger charge is 2.79. The van der Waals surface area contributed by atoms with Crippen LogP contribution in [0.5, 0.6) is 0 Å². The van der Waals surface area contributed by atoms with Gasteiger partial charge in [-0.15, -0.1) is 0 Å². The van der Waals surface area contributed by atoms with Crippen LogP contribution in [0, 0.1) is 22.7 Å². The first-order valence-corrected chi connectivity index (χ1v) is 12.8. The van der Waals surface area contributed by atoms with Crippen molar-refractivity contribution < 1.29 is 14.4 Å². The van der Waals surface area contributed by atoms with Gasteiger partial charge in [-0.2, -0.15) is 0 Å². The molecule has 3 aromatic carbocycles. The molecule has 6 rings (SSSR count). The van der Waals surface area contributed by atoms with E-state index in [1.165, 1.54) is 4.90 Å². The number of imide groups is 1. The average molecular weight is 476 g/mol. The molecule has 36 heavy (non-hydrogen) atoms. The van der Waals surface area contributed by atoms with Gasteiger partial charge in [-0.25, -0.2) is 4.90 Å². The first-order chi connectivity index (χ1) is 17.4. The van der Waals surface area contributed by atoms with Gasteiger partial charge in [0.1, 0.15) is 0 Å². The quantitative estimate of drug-likeness (QED) is 0.428. The Bertz CT molecular complexity index is 1440. The topological polar surface area (TPSA) is 54.5 Å². The minimum atomic E-state index is -1.09. The first-order valence-electron chi connectivity index (χ1n) is 12.8. The Morgan fingerprint density at radius 2 is 1.22 bits per heavy atom. The standard InChI is InChI=1S/C32H29NO3/c1-4-20-14-12-13-19-23(20)33-28(34)26-27(29(33)35)32(5-2)25(22-17-10-7-11-18-22)24(31(26,3)30(32)36)21-15-8-6-9-16-21/h6-19,26-27H,4-5H2,1-3H3/t26-,27-,31-,32-/m0/s1. The second-order valence-electron chi connectivity index (χ2n) is 10.3. The van der Waals surface area contributed by atoms with Gasteiger partial charge < -0.3 is 0 Å². The molecule has 4 heteroatoms. The largest absolute Gasteiger partial charge is 0.298 e. The zero-order valence-corrected chi connectivity index (χ0v) is 20.8. The lowest BCUT2D eigenvalue weighted by Crippen LogP contribution is -2.41. The Morgan fingerprint density at radius 1 is 0.694 bits per heavy atom. The van der Waals surface area contributed by atoms with E-state index >= 15 is 0 Å². The third-order valence-electron chi connectivity index (χ3n) is 8.85. The van der Waals surface area contributed by atoms with Crippen LogP contribution in [0.3, 0.4) is 0 Å². The summed E-state index contributed by atoms with van der Waals surface area (Å²) >= 11 is 0. The maximum atomic E-state index is 14.5. The molecule has 180 valence electrons. The maximum Gasteiger partial charge on any atom is 0.239 e. The van der Waals surface area contributed by atoms with Crippen LogP contribution in [0.25, 0.3) is 11.1 Å². The molecule has 1 aliphatic heterocycles. The van der Waals surface area contributed by atoms with E-state index in [0.717, 1.165) is 27.8 Å². The van der Waals surface area contributed by atoms with Crippen LogP contribution >= 0.6 is 0 Å². The minimum Gasteiger partial charge on any atom is -0.298 e. The zero-order valence-electron chi connectivity index (χ0n) is 20.8. The molecular formula is C32H29NO3. The number of carbonyl (C=O) groups excluding carboxylic acids is 3. The number of amides is 2. The smallest absolute Gasteiger partial charge is 0.239 e. The molecule has 1 heterocycles. The number of rotatable bonds is 5. The van der Waals surface area contributed by atoms with E-state index in [-0.39, 0.29) is 17.6 Å². The lowest BCUT2D eigenvalue weighted by atomic mass is 9.62. The number of ketones is 1. The summed E-state index contributed by atoms with van der Waals surface area (Å²) in [5, 5.41) is 0. The molecule has 3 aliphatic rings. The lowest BCUT2D eigenvalue weighted by molar-refractivity contribution is -0.134. The number of carbonyl (C=O) groups is 3. The predicted molar refractivity (Wildman–Crippen MR) is 141 cm³/mol. The number of aryl methyl sites for hydroxylation is 1. The normalized spacial score (nSPS) is 28.9. The molecule has 4 atom stereocenters. The first kappa shape index (κ1) is 22.7. The van der Waals surface area contributed by atoms with Gasteiger partial charge in [0, 0.05) is 0 Å². The summed E-state index contributed by atoms with van der Waals surface area (Å²) in [6.45, 7) is 5.91. The number of Topliss-reactive ketones (excluding diaryl/α,β-unsaturated/α-hetero) is 1. The molecule has 0 radical (unpaired) electrons. The molecule has 1 saturated carbocycles. The fraction of sp³-hybridized carbons (Fsp3) is 0.281. The molecule has 4 nitrogen and oxygen atoms in total. The molecule has 2 aliphatic carbocycles. The van der Waals surface area contributed by atoms with Crippen molar-refractivity contribution in [1.29, 1.82) is 0 Å². The Labute approximate surface area is 211 Å². The lowest BCUT2D eigenvalue weighted by Gasteiger charge is -2.37. The van der Waals surface area contributed by atoms with Gasteiger partial charge >= 0.3 is 0 Å². The number of allylic oxidation sites excluding steroid dienone is 2. The van der Waals surface area contributed by atoms with Crippen molar-refractivity contribution in [2.75, 3.05) is 4.90 Å². The molecule has 0 unspecified atom stereocenters. The SMILES string of the molecule is CCc1ccccc1N1C(=O)[C@@H]2[C@@H](C1=O)[C@@]1(CC)C(=O)[C@@]2(C)C(c2ccccc2)=C1c1ccccc1. The minimum absolute atomic E-state index is 0.00957. The van der Waals surface area contributed by atoms with Crippen molar-refractivity contribution in [1.82, 2.24) is 0 Å². The van der Waals surface area contributed by atoms with E-state index in [2.05, 4.69) is 0 Å². The van der Waals surface area contributed by atoms with Gasteiger partial charge in [-0.3, -0.25) is 14.4 Å². The molecule has 2 amide bonds. The van der Waals surface area contributed by atoms with Gasteiger partial charge in [0.2, 0.25) is 11.8 Å². The molecule has 0 spiro atoms. The zero-order chi connectivity index (χ0) is 25.2. The highest BCUT2D eigenvalue weighted by atomic mass is 16.2. The fourth-order valence-electron chi connectivity index (χ4n) is 7.39. The number of benzene rings is 3. The fourth-order valence-corrected chi connectivity index (χ4v) is 7.39. The summed E-state index contributed by atoms with van der Waals surface area (Å²) in [5.74, 6) is -1.91. The number of para-hydroxylation sites is 1. The number of hydrogen-bond acceptors (Lipinski definition) is 3. The van der Waals surface area contributed by atoms with Crippen LogP contribution in [0.1, 0.15) is 43.9 Å². The number of anilines is 1. The summed E-state index contributed by atoms with van der Waals surface area (Å²) in [6, 6.07) is 27.5. The van der Waals surface area contributed by atoms with Crippen LogP contribution in [0.4, 0.5) is 5.69 Å². The Balaban J connectivity index is 1.65. The molecule has 1 saturated heterocycles.